The maximum Gasteiger partial charge on any atom is 0.326 e. The van der Waals surface area contributed by atoms with Crippen molar-refractivity contribution in [1.82, 2.24) is 5.32 Å². The van der Waals surface area contributed by atoms with Crippen LogP contribution in [0.3, 0.4) is 0 Å². The van der Waals surface area contributed by atoms with Crippen LogP contribution in [0.1, 0.15) is 30.6 Å². The van der Waals surface area contributed by atoms with Crippen molar-refractivity contribution in [1.29, 1.82) is 0 Å². The van der Waals surface area contributed by atoms with Crippen LogP contribution in [-0.2, 0) is 4.79 Å². The number of hydrogen-bond acceptors (Lipinski definition) is 4. The monoisotopic (exact) mass is 298 g/mol. The summed E-state index contributed by atoms with van der Waals surface area (Å²) in [7, 11) is 0. The molecule has 1 aromatic carbocycles. The summed E-state index contributed by atoms with van der Waals surface area (Å²) in [6.07, 6.45) is 0.489. The van der Waals surface area contributed by atoms with Gasteiger partial charge in [0.05, 0.1) is 4.92 Å². The molecule has 0 radical (unpaired) electrons. The molecule has 21 heavy (non-hydrogen) atoms. The van der Waals surface area contributed by atoms with Gasteiger partial charge in [0.1, 0.15) is 17.4 Å². The first-order valence-corrected chi connectivity index (χ1v) is 6.25. The normalized spacial score (nSPS) is 13.3. The molecule has 0 saturated heterocycles. The number of carbonyl (C=O) groups excluding carboxylic acids is 1. The summed E-state index contributed by atoms with van der Waals surface area (Å²) in [5, 5.41) is 22.1. The number of hydrogen-bond donors (Lipinski definition) is 2. The van der Waals surface area contributed by atoms with Crippen LogP contribution in [0.5, 0.6) is 0 Å². The molecular weight excluding hydrogens is 283 g/mol. The third-order valence-corrected chi connectivity index (χ3v) is 3.17. The Bertz CT molecular complexity index is 576. The second-order valence-corrected chi connectivity index (χ2v) is 4.59. The average molecular weight is 298 g/mol. The lowest BCUT2D eigenvalue weighted by molar-refractivity contribution is -0.385. The molecule has 1 aromatic rings. The third kappa shape index (κ3) is 3.98. The van der Waals surface area contributed by atoms with Crippen molar-refractivity contribution in [3.63, 3.8) is 0 Å². The van der Waals surface area contributed by atoms with Crippen LogP contribution in [0.25, 0.3) is 0 Å². The fourth-order valence-corrected chi connectivity index (χ4v) is 1.75. The van der Waals surface area contributed by atoms with Crippen molar-refractivity contribution < 1.29 is 24.0 Å². The summed E-state index contributed by atoms with van der Waals surface area (Å²) in [5.74, 6) is -3.44. The molecule has 114 valence electrons. The van der Waals surface area contributed by atoms with E-state index < -0.39 is 39.9 Å². The molecule has 0 bridgehead atoms. The van der Waals surface area contributed by atoms with Crippen LogP contribution in [0.15, 0.2) is 18.2 Å². The van der Waals surface area contributed by atoms with Gasteiger partial charge in [0.15, 0.2) is 0 Å². The predicted molar refractivity (Wildman–Crippen MR) is 71.4 cm³/mol. The maximum atomic E-state index is 13.2. The smallest absolute Gasteiger partial charge is 0.326 e. The van der Waals surface area contributed by atoms with E-state index in [1.54, 1.807) is 13.8 Å². The number of carbonyl (C=O) groups is 2. The number of carboxylic acids is 1. The minimum absolute atomic E-state index is 0.376. The molecule has 0 aromatic heterocycles. The Hall–Kier alpha value is -2.51. The summed E-state index contributed by atoms with van der Waals surface area (Å²) < 4.78 is 13.2. The van der Waals surface area contributed by atoms with Gasteiger partial charge in [0, 0.05) is 6.07 Å². The van der Waals surface area contributed by atoms with Gasteiger partial charge in [-0.3, -0.25) is 14.9 Å². The Morgan fingerprint density at radius 2 is 2.10 bits per heavy atom. The first-order chi connectivity index (χ1) is 9.77. The van der Waals surface area contributed by atoms with Crippen LogP contribution >= 0.6 is 0 Å². The molecule has 8 heteroatoms. The Morgan fingerprint density at radius 3 is 2.57 bits per heavy atom. The molecule has 7 nitrogen and oxygen atoms in total. The summed E-state index contributed by atoms with van der Waals surface area (Å²) >= 11 is 0. The fourth-order valence-electron chi connectivity index (χ4n) is 1.75. The molecule has 1 rings (SSSR count). The average Bonchev–Trinajstić information content (AvgIpc) is 2.42. The number of carboxylic acid groups (broad SMARTS) is 1. The molecule has 0 heterocycles. The SMILES string of the molecule is CCC(C)C(NC(=O)c1cc(F)ccc1[N+](=O)[O-])C(=O)O. The molecule has 1 amide bonds. The van der Waals surface area contributed by atoms with Crippen molar-refractivity contribution in [2.45, 2.75) is 26.3 Å². The number of nitro groups is 1. The molecule has 2 N–H and O–H groups in total. The maximum absolute atomic E-state index is 13.2. The minimum Gasteiger partial charge on any atom is -0.480 e. The number of rotatable bonds is 6. The van der Waals surface area contributed by atoms with E-state index in [1.165, 1.54) is 0 Å². The van der Waals surface area contributed by atoms with E-state index in [9.17, 15) is 24.1 Å². The molecule has 0 aliphatic rings. The molecule has 0 aliphatic heterocycles. The van der Waals surface area contributed by atoms with Crippen LogP contribution in [-0.4, -0.2) is 27.9 Å². The van der Waals surface area contributed by atoms with E-state index in [1.807, 2.05) is 0 Å². The van der Waals surface area contributed by atoms with Crippen molar-refractivity contribution >= 4 is 17.6 Å². The van der Waals surface area contributed by atoms with Crippen LogP contribution in [0.4, 0.5) is 10.1 Å². The van der Waals surface area contributed by atoms with Gasteiger partial charge in [0.25, 0.3) is 11.6 Å². The van der Waals surface area contributed by atoms with Gasteiger partial charge in [-0.15, -0.1) is 0 Å². The zero-order chi connectivity index (χ0) is 16.2. The lowest BCUT2D eigenvalue weighted by Gasteiger charge is -2.20. The predicted octanol–water partition coefficient (Wildman–Crippen LogP) is 1.96. The van der Waals surface area contributed by atoms with Crippen LogP contribution < -0.4 is 5.32 Å². The lowest BCUT2D eigenvalue weighted by atomic mass is 9.98. The zero-order valence-corrected chi connectivity index (χ0v) is 11.5. The van der Waals surface area contributed by atoms with Gasteiger partial charge in [-0.1, -0.05) is 20.3 Å². The Labute approximate surface area is 119 Å². The topological polar surface area (TPSA) is 110 Å². The Balaban J connectivity index is 3.11. The summed E-state index contributed by atoms with van der Waals surface area (Å²) in [6, 6.07) is 1.23. The Kier molecular flexibility index (Phi) is 5.34. The van der Waals surface area contributed by atoms with Gasteiger partial charge in [-0.2, -0.15) is 0 Å². The summed E-state index contributed by atoms with van der Waals surface area (Å²) in [4.78, 5) is 33.1. The van der Waals surface area contributed by atoms with Crippen LogP contribution in [0.2, 0.25) is 0 Å². The first kappa shape index (κ1) is 16.5. The van der Waals surface area contributed by atoms with E-state index in [2.05, 4.69) is 5.32 Å². The largest absolute Gasteiger partial charge is 0.480 e. The Morgan fingerprint density at radius 1 is 1.48 bits per heavy atom. The van der Waals surface area contributed by atoms with Gasteiger partial charge in [-0.25, -0.2) is 9.18 Å². The van der Waals surface area contributed by atoms with Crippen LogP contribution in [0, 0.1) is 21.8 Å². The van der Waals surface area contributed by atoms with E-state index in [0.717, 1.165) is 12.1 Å². The molecular formula is C13H15FN2O5. The van der Waals surface area contributed by atoms with Gasteiger partial charge in [-0.05, 0) is 18.1 Å². The molecule has 0 aliphatic carbocycles. The first-order valence-electron chi connectivity index (χ1n) is 6.25. The highest BCUT2D eigenvalue weighted by atomic mass is 19.1. The highest BCUT2D eigenvalue weighted by Gasteiger charge is 2.29. The standard InChI is InChI=1S/C13H15FN2O5/c1-3-7(2)11(13(18)19)15-12(17)9-6-8(14)4-5-10(9)16(20)21/h4-7,11H,3H2,1-2H3,(H,15,17)(H,18,19). The minimum atomic E-state index is -1.25. The number of nitrogens with one attached hydrogen (secondary N) is 1. The number of halogens is 1. The number of nitrogens with zero attached hydrogens (tertiary/aromatic N) is 1. The quantitative estimate of drug-likeness (QED) is 0.616. The number of nitro benzene ring substituents is 1. The number of benzene rings is 1. The van der Waals surface area contributed by atoms with Crippen molar-refractivity contribution in [3.05, 3.63) is 39.7 Å². The highest BCUT2D eigenvalue weighted by molar-refractivity contribution is 6.00. The molecule has 0 saturated carbocycles. The molecule has 2 unspecified atom stereocenters. The third-order valence-electron chi connectivity index (χ3n) is 3.17. The second-order valence-electron chi connectivity index (χ2n) is 4.59. The van der Waals surface area contributed by atoms with Crippen molar-refractivity contribution in [3.8, 4) is 0 Å². The van der Waals surface area contributed by atoms with E-state index in [-0.39, 0.29) is 5.92 Å². The van der Waals surface area contributed by atoms with E-state index in [4.69, 9.17) is 5.11 Å². The molecule has 2 atom stereocenters. The molecule has 0 spiro atoms. The van der Waals surface area contributed by atoms with E-state index in [0.29, 0.717) is 12.5 Å². The van der Waals surface area contributed by atoms with E-state index >= 15 is 0 Å². The second kappa shape index (κ2) is 6.78. The van der Waals surface area contributed by atoms with Gasteiger partial charge < -0.3 is 10.4 Å². The van der Waals surface area contributed by atoms with Crippen molar-refractivity contribution in [2.75, 3.05) is 0 Å². The highest BCUT2D eigenvalue weighted by Crippen LogP contribution is 2.20. The lowest BCUT2D eigenvalue weighted by Crippen LogP contribution is -2.45. The van der Waals surface area contributed by atoms with Crippen molar-refractivity contribution in [2.24, 2.45) is 5.92 Å². The fraction of sp³-hybridized carbons (Fsp3) is 0.385. The summed E-state index contributed by atoms with van der Waals surface area (Å²) in [5.41, 5.74) is -1.09. The number of aliphatic carboxylic acids is 1. The summed E-state index contributed by atoms with van der Waals surface area (Å²) in [6.45, 7) is 3.37. The zero-order valence-electron chi connectivity index (χ0n) is 11.5. The van der Waals surface area contributed by atoms with Gasteiger partial charge >= 0.3 is 5.97 Å². The number of amides is 1. The molecule has 0 fully saturated rings. The van der Waals surface area contributed by atoms with Gasteiger partial charge in [0.2, 0.25) is 0 Å².